The minimum absolute atomic E-state index is 0.0101. The van der Waals surface area contributed by atoms with Crippen molar-refractivity contribution in [1.29, 1.82) is 0 Å². The van der Waals surface area contributed by atoms with Gasteiger partial charge in [-0.05, 0) is 19.1 Å². The summed E-state index contributed by atoms with van der Waals surface area (Å²) in [6, 6.07) is 4.24. The van der Waals surface area contributed by atoms with Gasteiger partial charge in [0, 0.05) is 24.0 Å². The highest BCUT2D eigenvalue weighted by atomic mass is 16.5. The molecule has 124 valence electrons. The topological polar surface area (TPSA) is 38.7 Å². The average Bonchev–Trinajstić information content (AvgIpc) is 2.81. The second-order valence-corrected chi connectivity index (χ2v) is 7.51. The molecule has 0 bridgehead atoms. The van der Waals surface area contributed by atoms with E-state index in [9.17, 15) is 5.11 Å². The van der Waals surface area contributed by atoms with Crippen molar-refractivity contribution >= 4 is 0 Å². The van der Waals surface area contributed by atoms with E-state index in [2.05, 4.69) is 26.1 Å². The average molecular weight is 316 g/mol. The van der Waals surface area contributed by atoms with Crippen molar-refractivity contribution in [3.63, 3.8) is 0 Å². The smallest absolute Gasteiger partial charge is 0.166 e. The highest BCUT2D eigenvalue weighted by Crippen LogP contribution is 2.56. The Morgan fingerprint density at radius 1 is 1.43 bits per heavy atom. The summed E-state index contributed by atoms with van der Waals surface area (Å²) in [5, 5.41) is 10.1. The molecule has 2 heterocycles. The monoisotopic (exact) mass is 316 g/mol. The molecule has 4 nitrogen and oxygen atoms in total. The molecule has 0 amide bonds. The molecule has 2 aliphatic heterocycles. The van der Waals surface area contributed by atoms with Crippen molar-refractivity contribution in [3.8, 4) is 11.5 Å². The van der Waals surface area contributed by atoms with E-state index in [0.29, 0.717) is 6.42 Å². The Labute approximate surface area is 137 Å². The molecule has 0 saturated heterocycles. The minimum atomic E-state index is -0.412. The number of ether oxygens (including phenoxy) is 2. The molecule has 3 aliphatic rings. The van der Waals surface area contributed by atoms with E-state index in [1.807, 2.05) is 12.1 Å². The second-order valence-electron chi connectivity index (χ2n) is 7.51. The third kappa shape index (κ3) is 2.05. The van der Waals surface area contributed by atoms with E-state index in [4.69, 9.17) is 9.47 Å². The Morgan fingerprint density at radius 2 is 2.26 bits per heavy atom. The predicted molar refractivity (Wildman–Crippen MR) is 88.8 cm³/mol. The van der Waals surface area contributed by atoms with Crippen molar-refractivity contribution in [3.05, 3.63) is 35.4 Å². The fourth-order valence-electron chi connectivity index (χ4n) is 4.55. The number of aliphatic hydroxyl groups is 1. The Kier molecular flexibility index (Phi) is 3.26. The Morgan fingerprint density at radius 3 is 3.00 bits per heavy atom. The van der Waals surface area contributed by atoms with Gasteiger partial charge in [-0.2, -0.15) is 0 Å². The number of methoxy groups -OCH3 is 1. The van der Waals surface area contributed by atoms with Gasteiger partial charge < -0.3 is 19.1 Å². The summed E-state index contributed by atoms with van der Waals surface area (Å²) >= 11 is 0. The van der Waals surface area contributed by atoms with Crippen LogP contribution in [-0.4, -0.2) is 49.0 Å². The largest absolute Gasteiger partial charge is 0.493 e. The van der Waals surface area contributed by atoms with E-state index in [1.165, 1.54) is 11.1 Å². The Bertz CT molecular complexity index is 671. The lowest BCUT2D eigenvalue weighted by Crippen LogP contribution is -2.46. The van der Waals surface area contributed by atoms with Gasteiger partial charge in [-0.15, -0.1) is 0 Å². The van der Waals surface area contributed by atoms with Crippen LogP contribution in [0.25, 0.3) is 0 Å². The van der Waals surface area contributed by atoms with E-state index < -0.39 is 6.10 Å². The second kappa shape index (κ2) is 4.99. The van der Waals surface area contributed by atoms with Crippen LogP contribution in [0.5, 0.6) is 11.5 Å². The Hall–Kier alpha value is -1.52. The zero-order valence-electron chi connectivity index (χ0n) is 14.2. The Balaban J connectivity index is 1.94. The lowest BCUT2D eigenvalue weighted by molar-refractivity contribution is -0.920. The summed E-state index contributed by atoms with van der Waals surface area (Å²) in [5.74, 6) is 1.71. The number of nitrogens with zero attached hydrogens (tertiary/aromatic N) is 1. The van der Waals surface area contributed by atoms with Crippen LogP contribution in [0.4, 0.5) is 0 Å². The molecular formula is C19H26NO3+. The highest BCUT2D eigenvalue weighted by molar-refractivity contribution is 5.60. The molecular weight excluding hydrogens is 290 g/mol. The third-order valence-corrected chi connectivity index (χ3v) is 6.18. The molecule has 0 fully saturated rings. The zero-order chi connectivity index (χ0) is 16.2. The van der Waals surface area contributed by atoms with Gasteiger partial charge in [-0.25, -0.2) is 0 Å². The van der Waals surface area contributed by atoms with Crippen molar-refractivity contribution in [2.75, 3.05) is 27.2 Å². The van der Waals surface area contributed by atoms with E-state index in [1.54, 1.807) is 7.11 Å². The first-order valence-corrected chi connectivity index (χ1v) is 8.59. The number of hydrogen-bond donors (Lipinski definition) is 1. The van der Waals surface area contributed by atoms with Crippen molar-refractivity contribution in [2.24, 2.45) is 0 Å². The summed E-state index contributed by atoms with van der Waals surface area (Å²) in [6.07, 6.45) is 5.48. The SMILES string of the molecule is CC[N+]1(C)CC[C@]23C=C[C@H](O)C[C@@H]2Oc2c(OC)ccc(c23)C1. The molecule has 4 heteroatoms. The van der Waals surface area contributed by atoms with Crippen LogP contribution in [-0.2, 0) is 12.0 Å². The quantitative estimate of drug-likeness (QED) is 0.672. The highest BCUT2D eigenvalue weighted by Gasteiger charge is 2.54. The molecule has 4 rings (SSSR count). The molecule has 1 N–H and O–H groups in total. The zero-order valence-corrected chi connectivity index (χ0v) is 14.2. The van der Waals surface area contributed by atoms with Crippen LogP contribution in [0.15, 0.2) is 24.3 Å². The van der Waals surface area contributed by atoms with Gasteiger partial charge in [0.1, 0.15) is 12.6 Å². The molecule has 0 saturated carbocycles. The molecule has 0 aromatic heterocycles. The minimum Gasteiger partial charge on any atom is -0.493 e. The molecule has 1 aromatic carbocycles. The van der Waals surface area contributed by atoms with Gasteiger partial charge in [0.2, 0.25) is 0 Å². The number of aliphatic hydroxyl groups excluding tert-OH is 1. The molecule has 1 spiro atoms. The number of benzene rings is 1. The van der Waals surface area contributed by atoms with E-state index >= 15 is 0 Å². The van der Waals surface area contributed by atoms with Crippen LogP contribution in [0.3, 0.4) is 0 Å². The predicted octanol–water partition coefficient (Wildman–Crippen LogP) is 2.39. The van der Waals surface area contributed by atoms with E-state index in [0.717, 1.165) is 42.0 Å². The number of rotatable bonds is 2. The van der Waals surface area contributed by atoms with Gasteiger partial charge >= 0.3 is 0 Å². The molecule has 23 heavy (non-hydrogen) atoms. The molecule has 0 radical (unpaired) electrons. The first kappa shape index (κ1) is 15.0. The van der Waals surface area contributed by atoms with Gasteiger partial charge in [0.05, 0.1) is 38.8 Å². The summed E-state index contributed by atoms with van der Waals surface area (Å²) in [6.45, 7) is 5.53. The van der Waals surface area contributed by atoms with Gasteiger partial charge in [0.15, 0.2) is 11.5 Å². The van der Waals surface area contributed by atoms with E-state index in [-0.39, 0.29) is 11.5 Å². The van der Waals surface area contributed by atoms with Gasteiger partial charge in [-0.1, -0.05) is 12.2 Å². The normalized spacial score (nSPS) is 37.6. The van der Waals surface area contributed by atoms with Crippen LogP contribution < -0.4 is 9.47 Å². The number of quaternary nitrogens is 1. The fourth-order valence-corrected chi connectivity index (χ4v) is 4.55. The van der Waals surface area contributed by atoms with Crippen LogP contribution in [0, 0.1) is 0 Å². The van der Waals surface area contributed by atoms with Crippen molar-refractivity contribution in [2.45, 2.75) is 43.9 Å². The summed E-state index contributed by atoms with van der Waals surface area (Å²) in [7, 11) is 4.04. The third-order valence-electron chi connectivity index (χ3n) is 6.18. The molecule has 1 aromatic rings. The first-order chi connectivity index (χ1) is 11.0. The van der Waals surface area contributed by atoms with Crippen LogP contribution in [0.2, 0.25) is 0 Å². The van der Waals surface area contributed by atoms with Crippen molar-refractivity contribution in [1.82, 2.24) is 0 Å². The summed E-state index contributed by atoms with van der Waals surface area (Å²) in [5.41, 5.74) is 2.57. The standard InChI is InChI=1S/C19H26NO3/c1-4-20(2)10-9-19-8-7-14(21)11-16(19)23-18-15(22-3)6-5-13(12-20)17(18)19/h5-8,14,16,21H,4,9-12H2,1-3H3/q+1/t14-,16-,19+,20?/m0/s1. The van der Waals surface area contributed by atoms with Crippen LogP contribution in [0.1, 0.15) is 30.9 Å². The summed E-state index contributed by atoms with van der Waals surface area (Å²) in [4.78, 5) is 0. The number of hydrogen-bond acceptors (Lipinski definition) is 3. The fraction of sp³-hybridized carbons (Fsp3) is 0.579. The maximum absolute atomic E-state index is 10.1. The maximum Gasteiger partial charge on any atom is 0.166 e. The van der Waals surface area contributed by atoms with Gasteiger partial charge in [0.25, 0.3) is 0 Å². The lowest BCUT2D eigenvalue weighted by atomic mass is 9.69. The van der Waals surface area contributed by atoms with Crippen molar-refractivity contribution < 1.29 is 19.1 Å². The molecule has 4 atom stereocenters. The molecule has 1 aliphatic carbocycles. The van der Waals surface area contributed by atoms with Crippen LogP contribution >= 0.6 is 0 Å². The molecule has 1 unspecified atom stereocenters. The summed E-state index contributed by atoms with van der Waals surface area (Å²) < 4.78 is 12.9. The maximum atomic E-state index is 10.1. The first-order valence-electron chi connectivity index (χ1n) is 8.59. The van der Waals surface area contributed by atoms with Gasteiger partial charge in [-0.3, -0.25) is 0 Å². The lowest BCUT2D eigenvalue weighted by Gasteiger charge is -2.37.